The molecule has 2 aromatic rings. The molecular formula is C21H25ClFN3O4S. The number of carbonyl (C=O) groups is 1. The standard InChI is InChI=1S/C21H25ClFN3O4S/c1-3-30-19-9-4-16(22)14-20(19)31(28,29)24(2)15-21(27)26-12-10-25(11-13-26)18-7-5-17(23)6-8-18/h4-9,14H,3,10-13,15H2,1-2H3. The lowest BCUT2D eigenvalue weighted by atomic mass is 10.2. The largest absolute Gasteiger partial charge is 0.492 e. The number of carbonyl (C=O) groups excluding carboxylic acids is 1. The SMILES string of the molecule is CCOc1ccc(Cl)cc1S(=O)(=O)N(C)CC(=O)N1CCN(c2ccc(F)cc2)CC1. The highest BCUT2D eigenvalue weighted by Crippen LogP contribution is 2.29. The minimum Gasteiger partial charge on any atom is -0.492 e. The molecule has 168 valence electrons. The normalized spacial score (nSPS) is 14.7. The van der Waals surface area contributed by atoms with Crippen molar-refractivity contribution >= 4 is 33.2 Å². The average Bonchev–Trinajstić information content (AvgIpc) is 2.75. The van der Waals surface area contributed by atoms with Gasteiger partial charge in [-0.25, -0.2) is 12.8 Å². The molecule has 2 aromatic carbocycles. The van der Waals surface area contributed by atoms with Crippen molar-refractivity contribution in [2.24, 2.45) is 0 Å². The number of likely N-dealkylation sites (N-methyl/N-ethyl adjacent to an activating group) is 1. The summed E-state index contributed by atoms with van der Waals surface area (Å²) in [4.78, 5) is 16.4. The Labute approximate surface area is 187 Å². The molecule has 0 atom stereocenters. The number of halogens is 2. The van der Waals surface area contributed by atoms with Gasteiger partial charge < -0.3 is 14.5 Å². The summed E-state index contributed by atoms with van der Waals surface area (Å²) in [6.07, 6.45) is 0. The second-order valence-electron chi connectivity index (χ2n) is 7.13. The van der Waals surface area contributed by atoms with Crippen LogP contribution in [0.2, 0.25) is 5.02 Å². The van der Waals surface area contributed by atoms with Crippen molar-refractivity contribution in [1.82, 2.24) is 9.21 Å². The Morgan fingerprint density at radius 1 is 1.13 bits per heavy atom. The first-order valence-corrected chi connectivity index (χ1v) is 11.7. The molecule has 0 bridgehead atoms. The second kappa shape index (κ2) is 9.84. The zero-order valence-electron chi connectivity index (χ0n) is 17.4. The van der Waals surface area contributed by atoms with Gasteiger partial charge in [-0.15, -0.1) is 0 Å². The van der Waals surface area contributed by atoms with E-state index in [0.29, 0.717) is 32.8 Å². The van der Waals surface area contributed by atoms with Crippen LogP contribution in [0.5, 0.6) is 5.75 Å². The molecule has 0 aliphatic carbocycles. The minimum atomic E-state index is -3.98. The van der Waals surface area contributed by atoms with Crippen molar-refractivity contribution in [2.75, 3.05) is 51.3 Å². The summed E-state index contributed by atoms with van der Waals surface area (Å²) < 4.78 is 45.6. The van der Waals surface area contributed by atoms with Crippen molar-refractivity contribution in [1.29, 1.82) is 0 Å². The quantitative estimate of drug-likeness (QED) is 0.623. The maximum absolute atomic E-state index is 13.1. The van der Waals surface area contributed by atoms with Crippen LogP contribution in [0.4, 0.5) is 10.1 Å². The predicted octanol–water partition coefficient (Wildman–Crippen LogP) is 2.85. The van der Waals surface area contributed by atoms with Crippen LogP contribution in [0.3, 0.4) is 0 Å². The van der Waals surface area contributed by atoms with Gasteiger partial charge in [-0.2, -0.15) is 4.31 Å². The molecule has 31 heavy (non-hydrogen) atoms. The van der Waals surface area contributed by atoms with Crippen LogP contribution in [0, 0.1) is 5.82 Å². The molecular weight excluding hydrogens is 445 g/mol. The lowest BCUT2D eigenvalue weighted by molar-refractivity contribution is -0.131. The lowest BCUT2D eigenvalue weighted by Gasteiger charge is -2.36. The first-order valence-electron chi connectivity index (χ1n) is 9.89. The number of sulfonamides is 1. The third-order valence-corrected chi connectivity index (χ3v) is 7.14. The van der Waals surface area contributed by atoms with Gasteiger partial charge in [0, 0.05) is 43.9 Å². The predicted molar refractivity (Wildman–Crippen MR) is 118 cm³/mol. The van der Waals surface area contributed by atoms with E-state index in [-0.39, 0.29) is 33.9 Å². The lowest BCUT2D eigenvalue weighted by Crippen LogP contribution is -2.51. The van der Waals surface area contributed by atoms with Gasteiger partial charge in [0.05, 0.1) is 13.2 Å². The third-order valence-electron chi connectivity index (χ3n) is 5.08. The zero-order chi connectivity index (χ0) is 22.6. The van der Waals surface area contributed by atoms with E-state index in [9.17, 15) is 17.6 Å². The number of ether oxygens (including phenoxy) is 1. The summed E-state index contributed by atoms with van der Waals surface area (Å²) in [5, 5.41) is 0.263. The minimum absolute atomic E-state index is 0.0710. The number of amides is 1. The average molecular weight is 470 g/mol. The molecule has 0 N–H and O–H groups in total. The molecule has 1 fully saturated rings. The van der Waals surface area contributed by atoms with E-state index in [2.05, 4.69) is 4.90 Å². The van der Waals surface area contributed by atoms with E-state index >= 15 is 0 Å². The van der Waals surface area contributed by atoms with Crippen molar-refractivity contribution in [3.05, 3.63) is 53.3 Å². The maximum Gasteiger partial charge on any atom is 0.247 e. The molecule has 1 saturated heterocycles. The number of anilines is 1. The van der Waals surface area contributed by atoms with Crippen molar-refractivity contribution in [3.63, 3.8) is 0 Å². The van der Waals surface area contributed by atoms with Crippen LogP contribution < -0.4 is 9.64 Å². The van der Waals surface area contributed by atoms with E-state index in [1.807, 2.05) is 0 Å². The van der Waals surface area contributed by atoms with E-state index in [1.165, 1.54) is 31.3 Å². The first kappa shape index (κ1) is 23.3. The van der Waals surface area contributed by atoms with Gasteiger partial charge in [-0.3, -0.25) is 4.79 Å². The van der Waals surface area contributed by atoms with Crippen LogP contribution in [0.1, 0.15) is 6.92 Å². The van der Waals surface area contributed by atoms with Crippen LogP contribution in [0.25, 0.3) is 0 Å². The molecule has 1 aliphatic rings. The Bertz CT molecular complexity index is 1030. The van der Waals surface area contributed by atoms with Crippen molar-refractivity contribution in [2.45, 2.75) is 11.8 Å². The summed E-state index contributed by atoms with van der Waals surface area (Å²) in [5.74, 6) is -0.391. The number of hydrogen-bond acceptors (Lipinski definition) is 5. The number of piperazine rings is 1. The number of nitrogens with zero attached hydrogens (tertiary/aromatic N) is 3. The molecule has 1 heterocycles. The van der Waals surface area contributed by atoms with E-state index in [0.717, 1.165) is 9.99 Å². The number of benzene rings is 2. The van der Waals surface area contributed by atoms with Gasteiger partial charge in [0.1, 0.15) is 16.5 Å². The van der Waals surface area contributed by atoms with Gasteiger partial charge in [-0.05, 0) is 49.4 Å². The summed E-state index contributed by atoms with van der Waals surface area (Å²) in [6, 6.07) is 10.6. The van der Waals surface area contributed by atoms with Crippen molar-refractivity contribution in [3.8, 4) is 5.75 Å². The molecule has 10 heteroatoms. The molecule has 1 aliphatic heterocycles. The van der Waals surface area contributed by atoms with Gasteiger partial charge in [0.15, 0.2) is 0 Å². The second-order valence-corrected chi connectivity index (χ2v) is 9.58. The molecule has 0 radical (unpaired) electrons. The third kappa shape index (κ3) is 5.47. The van der Waals surface area contributed by atoms with Crippen LogP contribution >= 0.6 is 11.6 Å². The van der Waals surface area contributed by atoms with Gasteiger partial charge >= 0.3 is 0 Å². The highest BCUT2D eigenvalue weighted by molar-refractivity contribution is 7.89. The molecule has 1 amide bonds. The fourth-order valence-corrected chi connectivity index (χ4v) is 4.88. The fourth-order valence-electron chi connectivity index (χ4n) is 3.37. The Hall–Kier alpha value is -2.36. The van der Waals surface area contributed by atoms with Crippen LogP contribution in [-0.2, 0) is 14.8 Å². The Balaban J connectivity index is 1.64. The highest BCUT2D eigenvalue weighted by atomic mass is 35.5. The Kier molecular flexibility index (Phi) is 7.40. The molecule has 0 unspecified atom stereocenters. The smallest absolute Gasteiger partial charge is 0.247 e. The molecule has 0 spiro atoms. The summed E-state index contributed by atoms with van der Waals surface area (Å²) in [7, 11) is -2.62. The van der Waals surface area contributed by atoms with Gasteiger partial charge in [0.25, 0.3) is 0 Å². The van der Waals surface area contributed by atoms with E-state index in [1.54, 1.807) is 30.0 Å². The Morgan fingerprint density at radius 2 is 1.77 bits per heavy atom. The zero-order valence-corrected chi connectivity index (χ0v) is 19.0. The summed E-state index contributed by atoms with van der Waals surface area (Å²) in [6.45, 7) is 3.82. The first-order chi connectivity index (χ1) is 14.7. The fraction of sp³-hybridized carbons (Fsp3) is 0.381. The summed E-state index contributed by atoms with van der Waals surface area (Å²) in [5.41, 5.74) is 0.887. The van der Waals surface area contributed by atoms with Crippen LogP contribution in [0.15, 0.2) is 47.4 Å². The monoisotopic (exact) mass is 469 g/mol. The molecule has 7 nitrogen and oxygen atoms in total. The topological polar surface area (TPSA) is 70.2 Å². The Morgan fingerprint density at radius 3 is 2.39 bits per heavy atom. The molecule has 3 rings (SSSR count). The van der Waals surface area contributed by atoms with Gasteiger partial charge in [-0.1, -0.05) is 11.6 Å². The molecule has 0 aromatic heterocycles. The molecule has 0 saturated carbocycles. The number of hydrogen-bond donors (Lipinski definition) is 0. The maximum atomic E-state index is 13.1. The van der Waals surface area contributed by atoms with Crippen LogP contribution in [-0.4, -0.2) is 69.9 Å². The number of rotatable bonds is 7. The highest BCUT2D eigenvalue weighted by Gasteiger charge is 2.29. The van der Waals surface area contributed by atoms with E-state index in [4.69, 9.17) is 16.3 Å². The summed E-state index contributed by atoms with van der Waals surface area (Å²) >= 11 is 5.99. The van der Waals surface area contributed by atoms with Crippen molar-refractivity contribution < 1.29 is 22.3 Å². The van der Waals surface area contributed by atoms with E-state index < -0.39 is 10.0 Å². The van der Waals surface area contributed by atoms with Gasteiger partial charge in [0.2, 0.25) is 15.9 Å².